The average Bonchev–Trinajstić information content (AvgIpc) is 3.08. The predicted octanol–water partition coefficient (Wildman–Crippen LogP) is 3.71. The molecule has 148 valence electrons. The number of thioether (sulfide) groups is 1. The summed E-state index contributed by atoms with van der Waals surface area (Å²) >= 11 is 2.95. The van der Waals surface area contributed by atoms with E-state index in [4.69, 9.17) is 0 Å². The zero-order chi connectivity index (χ0) is 20.0. The van der Waals surface area contributed by atoms with Crippen LogP contribution in [0.3, 0.4) is 0 Å². The summed E-state index contributed by atoms with van der Waals surface area (Å²) in [7, 11) is -3.34. The lowest BCUT2D eigenvalue weighted by Crippen LogP contribution is -2.32. The second-order valence-electron chi connectivity index (χ2n) is 6.14. The average molecular weight is 429 g/mol. The lowest BCUT2D eigenvalue weighted by atomic mass is 10.2. The van der Waals surface area contributed by atoms with Crippen molar-refractivity contribution in [1.29, 1.82) is 0 Å². The zero-order valence-corrected chi connectivity index (χ0v) is 18.2. The van der Waals surface area contributed by atoms with Gasteiger partial charge in [-0.05, 0) is 44.0 Å². The first-order chi connectivity index (χ1) is 12.8. The number of anilines is 2. The number of carbonyl (C=O) groups excluding carboxylic acids is 1. The van der Waals surface area contributed by atoms with Crippen LogP contribution in [0, 0.1) is 5.92 Å². The van der Waals surface area contributed by atoms with Gasteiger partial charge in [0.1, 0.15) is 0 Å². The number of amides is 1. The molecular formula is C17H24N4O3S3. The fourth-order valence-electron chi connectivity index (χ4n) is 2.20. The van der Waals surface area contributed by atoms with Crippen LogP contribution in [-0.2, 0) is 10.0 Å². The molecule has 0 aliphatic rings. The van der Waals surface area contributed by atoms with Crippen molar-refractivity contribution in [2.75, 3.05) is 27.7 Å². The fraction of sp³-hybridized carbons (Fsp3) is 0.471. The molecule has 0 spiro atoms. The van der Waals surface area contributed by atoms with Gasteiger partial charge in [-0.2, -0.15) is 0 Å². The lowest BCUT2D eigenvalue weighted by Gasteiger charge is -2.22. The molecule has 1 aromatic heterocycles. The third-order valence-corrected chi connectivity index (χ3v) is 7.84. The quantitative estimate of drug-likeness (QED) is 0.483. The maximum atomic E-state index is 12.4. The highest BCUT2D eigenvalue weighted by Crippen LogP contribution is 2.27. The first-order valence-electron chi connectivity index (χ1n) is 8.65. The Hall–Kier alpha value is -1.65. The summed E-state index contributed by atoms with van der Waals surface area (Å²) in [5.74, 6) is 1.21. The number of hydrogen-bond acceptors (Lipinski definition) is 7. The SMILES string of the molecule is CCN(c1ccc(C(=O)Nc2nnc(SCC(C)C)s2)cc1)S(=O)(=O)CC. The maximum Gasteiger partial charge on any atom is 0.257 e. The van der Waals surface area contributed by atoms with Crippen LogP contribution in [0.2, 0.25) is 0 Å². The van der Waals surface area contributed by atoms with Crippen molar-refractivity contribution >= 4 is 49.8 Å². The zero-order valence-electron chi connectivity index (χ0n) is 15.8. The maximum absolute atomic E-state index is 12.4. The van der Waals surface area contributed by atoms with Crippen LogP contribution in [0.15, 0.2) is 28.6 Å². The van der Waals surface area contributed by atoms with E-state index in [0.717, 1.165) is 10.1 Å². The minimum Gasteiger partial charge on any atom is -0.296 e. The minimum atomic E-state index is -3.34. The second-order valence-corrected chi connectivity index (χ2v) is 10.6. The molecule has 1 N–H and O–H groups in total. The van der Waals surface area contributed by atoms with Gasteiger partial charge < -0.3 is 0 Å². The molecule has 0 aliphatic heterocycles. The Morgan fingerprint density at radius 2 is 1.89 bits per heavy atom. The summed E-state index contributed by atoms with van der Waals surface area (Å²) in [5.41, 5.74) is 0.967. The minimum absolute atomic E-state index is 0.0251. The van der Waals surface area contributed by atoms with Crippen LogP contribution in [0.1, 0.15) is 38.1 Å². The van der Waals surface area contributed by atoms with Crippen LogP contribution in [0.4, 0.5) is 10.8 Å². The lowest BCUT2D eigenvalue weighted by molar-refractivity contribution is 0.102. The van der Waals surface area contributed by atoms with Crippen LogP contribution < -0.4 is 9.62 Å². The van der Waals surface area contributed by atoms with Crippen LogP contribution in [0.25, 0.3) is 0 Å². The molecule has 2 rings (SSSR count). The summed E-state index contributed by atoms with van der Waals surface area (Å²) in [5, 5.41) is 11.2. The van der Waals surface area contributed by atoms with E-state index in [0.29, 0.717) is 28.8 Å². The van der Waals surface area contributed by atoms with Crippen LogP contribution in [-0.4, -0.2) is 42.6 Å². The van der Waals surface area contributed by atoms with Crippen molar-refractivity contribution in [3.63, 3.8) is 0 Å². The topological polar surface area (TPSA) is 92.3 Å². The number of aromatic nitrogens is 2. The molecule has 27 heavy (non-hydrogen) atoms. The van der Waals surface area contributed by atoms with Crippen molar-refractivity contribution in [3.8, 4) is 0 Å². The van der Waals surface area contributed by atoms with E-state index in [9.17, 15) is 13.2 Å². The van der Waals surface area contributed by atoms with E-state index >= 15 is 0 Å². The summed E-state index contributed by atoms with van der Waals surface area (Å²) in [6.45, 7) is 7.98. The van der Waals surface area contributed by atoms with Gasteiger partial charge in [-0.1, -0.05) is 36.9 Å². The number of carbonyl (C=O) groups is 1. The second kappa shape index (κ2) is 9.52. The molecule has 0 saturated carbocycles. The molecule has 10 heteroatoms. The van der Waals surface area contributed by atoms with E-state index < -0.39 is 10.0 Å². The standard InChI is InChI=1S/C17H24N4O3S3/c1-5-21(27(23,24)6-2)14-9-7-13(8-10-14)15(22)18-16-19-20-17(26-16)25-11-12(3)4/h7-10,12H,5-6,11H2,1-4H3,(H,18,19,22). The summed E-state index contributed by atoms with van der Waals surface area (Å²) in [4.78, 5) is 12.4. The first-order valence-corrected chi connectivity index (χ1v) is 12.1. The molecule has 0 bridgehead atoms. The van der Waals surface area contributed by atoms with Gasteiger partial charge in [-0.25, -0.2) is 8.42 Å². The van der Waals surface area contributed by atoms with Crippen molar-refractivity contribution in [2.45, 2.75) is 32.0 Å². The molecule has 0 atom stereocenters. The molecule has 0 unspecified atom stereocenters. The Morgan fingerprint density at radius 1 is 1.22 bits per heavy atom. The third kappa shape index (κ3) is 5.91. The van der Waals surface area contributed by atoms with Crippen LogP contribution >= 0.6 is 23.1 Å². The van der Waals surface area contributed by atoms with Gasteiger partial charge in [0.25, 0.3) is 5.91 Å². The Balaban J connectivity index is 2.05. The van der Waals surface area contributed by atoms with E-state index in [1.807, 2.05) is 0 Å². The van der Waals surface area contributed by atoms with Crippen molar-refractivity contribution < 1.29 is 13.2 Å². The summed E-state index contributed by atoms with van der Waals surface area (Å²) in [6, 6.07) is 6.48. The highest BCUT2D eigenvalue weighted by Gasteiger charge is 2.19. The molecule has 2 aromatic rings. The number of nitrogens with zero attached hydrogens (tertiary/aromatic N) is 3. The van der Waals surface area contributed by atoms with E-state index in [1.165, 1.54) is 15.6 Å². The number of benzene rings is 1. The van der Waals surface area contributed by atoms with Gasteiger partial charge in [0.2, 0.25) is 15.2 Å². The highest BCUT2D eigenvalue weighted by atomic mass is 32.2. The Labute approximate surface area is 168 Å². The highest BCUT2D eigenvalue weighted by molar-refractivity contribution is 8.01. The molecular weight excluding hydrogens is 404 g/mol. The first kappa shape index (κ1) is 21.6. The molecule has 1 aromatic carbocycles. The normalized spacial score (nSPS) is 11.6. The Kier molecular flexibility index (Phi) is 7.63. The van der Waals surface area contributed by atoms with Gasteiger partial charge in [0.15, 0.2) is 4.34 Å². The predicted molar refractivity (Wildman–Crippen MR) is 112 cm³/mol. The number of rotatable bonds is 9. The van der Waals surface area contributed by atoms with Gasteiger partial charge in [0.05, 0.1) is 11.4 Å². The van der Waals surface area contributed by atoms with Crippen molar-refractivity contribution in [2.24, 2.45) is 5.92 Å². The van der Waals surface area contributed by atoms with Gasteiger partial charge in [-0.15, -0.1) is 10.2 Å². The van der Waals surface area contributed by atoms with Gasteiger partial charge in [-0.3, -0.25) is 14.4 Å². The van der Waals surface area contributed by atoms with Crippen LogP contribution in [0.5, 0.6) is 0 Å². The molecule has 7 nitrogen and oxygen atoms in total. The molecule has 0 aliphatic carbocycles. The van der Waals surface area contributed by atoms with E-state index in [2.05, 4.69) is 29.4 Å². The largest absolute Gasteiger partial charge is 0.296 e. The van der Waals surface area contributed by atoms with Crippen molar-refractivity contribution in [1.82, 2.24) is 10.2 Å². The molecule has 1 amide bonds. The number of sulfonamides is 1. The van der Waals surface area contributed by atoms with E-state index in [1.54, 1.807) is 49.9 Å². The van der Waals surface area contributed by atoms with E-state index in [-0.39, 0.29) is 11.7 Å². The number of hydrogen-bond donors (Lipinski definition) is 1. The third-order valence-electron chi connectivity index (χ3n) is 3.57. The van der Waals surface area contributed by atoms with Crippen molar-refractivity contribution in [3.05, 3.63) is 29.8 Å². The fourth-order valence-corrected chi connectivity index (χ4v) is 5.07. The van der Waals surface area contributed by atoms with Gasteiger partial charge in [0, 0.05) is 17.9 Å². The summed E-state index contributed by atoms with van der Waals surface area (Å²) < 4.78 is 26.4. The molecule has 0 radical (unpaired) electrons. The Morgan fingerprint density at radius 3 is 2.44 bits per heavy atom. The monoisotopic (exact) mass is 428 g/mol. The Bertz CT molecular complexity index is 864. The number of nitrogens with one attached hydrogen (secondary N) is 1. The molecule has 1 heterocycles. The summed E-state index contributed by atoms with van der Waals surface area (Å²) in [6.07, 6.45) is 0. The molecule has 0 fully saturated rings. The molecule has 0 saturated heterocycles. The van der Waals surface area contributed by atoms with Gasteiger partial charge >= 0.3 is 0 Å². The smallest absolute Gasteiger partial charge is 0.257 e.